The Morgan fingerprint density at radius 2 is 2.00 bits per heavy atom. The van der Waals surface area contributed by atoms with E-state index in [0.717, 1.165) is 0 Å². The number of rotatable bonds is 8. The molecule has 6 heteroatoms. The van der Waals surface area contributed by atoms with Gasteiger partial charge in [-0.2, -0.15) is 8.78 Å². The minimum Gasteiger partial charge on any atom is -0.435 e. The van der Waals surface area contributed by atoms with Crippen LogP contribution in [-0.4, -0.2) is 29.8 Å². The second kappa shape index (κ2) is 7.93. The highest BCUT2D eigenvalue weighted by molar-refractivity contribution is 5.79. The average molecular weight is 301 g/mol. The average Bonchev–Trinajstić information content (AvgIpc) is 2.40. The van der Waals surface area contributed by atoms with E-state index in [0.29, 0.717) is 18.4 Å². The fraction of sp³-hybridized carbons (Fsp3) is 0.533. The maximum absolute atomic E-state index is 12.0. The van der Waals surface area contributed by atoms with Gasteiger partial charge in [-0.3, -0.25) is 4.79 Å². The van der Waals surface area contributed by atoms with Crippen LogP contribution in [0, 0.1) is 0 Å². The maximum Gasteiger partial charge on any atom is 0.387 e. The van der Waals surface area contributed by atoms with Crippen molar-refractivity contribution in [2.24, 2.45) is 0 Å². The number of carbonyl (C=O) groups is 1. The predicted octanol–water partition coefficient (Wildman–Crippen LogP) is 2.50. The van der Waals surface area contributed by atoms with Gasteiger partial charge in [0.05, 0.1) is 6.42 Å². The Labute approximate surface area is 123 Å². The van der Waals surface area contributed by atoms with Crippen molar-refractivity contribution in [2.75, 3.05) is 6.61 Å². The first-order valence-corrected chi connectivity index (χ1v) is 6.84. The molecular formula is C15H21F2NO3. The van der Waals surface area contributed by atoms with E-state index in [1.807, 2.05) is 13.8 Å². The molecule has 1 aromatic carbocycles. The summed E-state index contributed by atoms with van der Waals surface area (Å²) in [7, 11) is 0. The van der Waals surface area contributed by atoms with E-state index in [9.17, 15) is 13.6 Å². The van der Waals surface area contributed by atoms with Gasteiger partial charge in [0, 0.05) is 12.1 Å². The largest absolute Gasteiger partial charge is 0.435 e. The third-order valence-electron chi connectivity index (χ3n) is 3.40. The SMILES string of the molecule is CCC(C)(CCO)NC(=O)Cc1ccc(OC(F)F)cc1. The molecular weight excluding hydrogens is 280 g/mol. The summed E-state index contributed by atoms with van der Waals surface area (Å²) in [5, 5.41) is 11.9. The fourth-order valence-electron chi connectivity index (χ4n) is 1.93. The van der Waals surface area contributed by atoms with Crippen molar-refractivity contribution in [3.05, 3.63) is 29.8 Å². The van der Waals surface area contributed by atoms with Crippen molar-refractivity contribution >= 4 is 5.91 Å². The van der Waals surface area contributed by atoms with Crippen LogP contribution in [0.3, 0.4) is 0 Å². The highest BCUT2D eigenvalue weighted by Gasteiger charge is 2.23. The van der Waals surface area contributed by atoms with E-state index in [4.69, 9.17) is 5.11 Å². The van der Waals surface area contributed by atoms with Crippen LogP contribution in [0.5, 0.6) is 5.75 Å². The van der Waals surface area contributed by atoms with Crippen LogP contribution in [0.15, 0.2) is 24.3 Å². The van der Waals surface area contributed by atoms with E-state index in [-0.39, 0.29) is 24.7 Å². The number of nitrogens with one attached hydrogen (secondary N) is 1. The Hall–Kier alpha value is -1.69. The fourth-order valence-corrected chi connectivity index (χ4v) is 1.93. The predicted molar refractivity (Wildman–Crippen MR) is 75.3 cm³/mol. The maximum atomic E-state index is 12.0. The third kappa shape index (κ3) is 6.08. The van der Waals surface area contributed by atoms with Crippen molar-refractivity contribution in [1.82, 2.24) is 5.32 Å². The standard InChI is InChI=1S/C15H21F2NO3/c1-3-15(2,8-9-19)18-13(20)10-11-4-6-12(7-5-11)21-14(16)17/h4-7,14,19H,3,8-10H2,1-2H3,(H,18,20). The summed E-state index contributed by atoms with van der Waals surface area (Å²) in [6.07, 6.45) is 1.34. The summed E-state index contributed by atoms with van der Waals surface area (Å²) in [4.78, 5) is 12.0. The molecule has 1 amide bonds. The summed E-state index contributed by atoms with van der Waals surface area (Å²) in [6, 6.07) is 5.96. The van der Waals surface area contributed by atoms with Crippen LogP contribution in [-0.2, 0) is 11.2 Å². The summed E-state index contributed by atoms with van der Waals surface area (Å²) in [5.74, 6) is -0.108. The normalized spacial score (nSPS) is 13.8. The van der Waals surface area contributed by atoms with E-state index in [1.165, 1.54) is 12.1 Å². The highest BCUT2D eigenvalue weighted by atomic mass is 19.3. The summed E-state index contributed by atoms with van der Waals surface area (Å²) in [5.41, 5.74) is 0.265. The van der Waals surface area contributed by atoms with Crippen LogP contribution in [0.4, 0.5) is 8.78 Å². The Morgan fingerprint density at radius 3 is 2.48 bits per heavy atom. The molecule has 1 unspecified atom stereocenters. The van der Waals surface area contributed by atoms with Gasteiger partial charge in [0.15, 0.2) is 0 Å². The minimum absolute atomic E-state index is 0.00425. The number of aliphatic hydroxyl groups excluding tert-OH is 1. The van der Waals surface area contributed by atoms with Gasteiger partial charge in [0.25, 0.3) is 0 Å². The first-order valence-electron chi connectivity index (χ1n) is 6.84. The number of hydrogen-bond donors (Lipinski definition) is 2. The number of benzene rings is 1. The Bertz CT molecular complexity index is 451. The topological polar surface area (TPSA) is 58.6 Å². The van der Waals surface area contributed by atoms with Gasteiger partial charge in [0.1, 0.15) is 5.75 Å². The molecule has 1 atom stereocenters. The molecule has 4 nitrogen and oxygen atoms in total. The number of halogens is 2. The van der Waals surface area contributed by atoms with Crippen molar-refractivity contribution in [1.29, 1.82) is 0 Å². The first kappa shape index (κ1) is 17.4. The highest BCUT2D eigenvalue weighted by Crippen LogP contribution is 2.17. The molecule has 0 aliphatic carbocycles. The number of aliphatic hydroxyl groups is 1. The number of carbonyl (C=O) groups excluding carboxylic acids is 1. The molecule has 0 aliphatic heterocycles. The van der Waals surface area contributed by atoms with Crippen LogP contribution in [0.25, 0.3) is 0 Å². The molecule has 0 heterocycles. The summed E-state index contributed by atoms with van der Waals surface area (Å²) >= 11 is 0. The van der Waals surface area contributed by atoms with E-state index < -0.39 is 12.2 Å². The monoisotopic (exact) mass is 301 g/mol. The van der Waals surface area contributed by atoms with Crippen molar-refractivity contribution in [3.8, 4) is 5.75 Å². The van der Waals surface area contributed by atoms with Gasteiger partial charge >= 0.3 is 6.61 Å². The number of amides is 1. The summed E-state index contributed by atoms with van der Waals surface area (Å²) in [6.45, 7) is 0.958. The minimum atomic E-state index is -2.86. The molecule has 0 radical (unpaired) electrons. The second-order valence-electron chi connectivity index (χ2n) is 5.14. The molecule has 2 N–H and O–H groups in total. The molecule has 0 spiro atoms. The van der Waals surface area contributed by atoms with Gasteiger partial charge in [-0.15, -0.1) is 0 Å². The van der Waals surface area contributed by atoms with E-state index >= 15 is 0 Å². The molecule has 0 aromatic heterocycles. The van der Waals surface area contributed by atoms with Crippen LogP contribution < -0.4 is 10.1 Å². The molecule has 0 saturated carbocycles. The summed E-state index contributed by atoms with van der Waals surface area (Å²) < 4.78 is 28.3. The van der Waals surface area contributed by atoms with Gasteiger partial charge < -0.3 is 15.2 Å². The van der Waals surface area contributed by atoms with E-state index in [1.54, 1.807) is 12.1 Å². The van der Waals surface area contributed by atoms with Crippen LogP contribution in [0.2, 0.25) is 0 Å². The zero-order valence-electron chi connectivity index (χ0n) is 12.2. The Kier molecular flexibility index (Phi) is 6.55. The molecule has 1 rings (SSSR count). The van der Waals surface area contributed by atoms with E-state index in [2.05, 4.69) is 10.1 Å². The van der Waals surface area contributed by atoms with Gasteiger partial charge in [-0.1, -0.05) is 19.1 Å². The zero-order valence-corrected chi connectivity index (χ0v) is 12.2. The molecule has 0 aliphatic rings. The van der Waals surface area contributed by atoms with Crippen LogP contribution >= 0.6 is 0 Å². The van der Waals surface area contributed by atoms with Crippen molar-refractivity contribution < 1.29 is 23.4 Å². The molecule has 0 fully saturated rings. The zero-order chi connectivity index (χ0) is 15.9. The van der Waals surface area contributed by atoms with Gasteiger partial charge in [-0.25, -0.2) is 0 Å². The van der Waals surface area contributed by atoms with Gasteiger partial charge in [-0.05, 0) is 37.5 Å². The first-order chi connectivity index (χ1) is 9.88. The van der Waals surface area contributed by atoms with Crippen molar-refractivity contribution in [2.45, 2.75) is 45.3 Å². The second-order valence-corrected chi connectivity index (χ2v) is 5.14. The lowest BCUT2D eigenvalue weighted by Gasteiger charge is -2.29. The van der Waals surface area contributed by atoms with Crippen LogP contribution in [0.1, 0.15) is 32.3 Å². The lowest BCUT2D eigenvalue weighted by molar-refractivity contribution is -0.122. The molecule has 0 saturated heterocycles. The van der Waals surface area contributed by atoms with Crippen molar-refractivity contribution in [3.63, 3.8) is 0 Å². The smallest absolute Gasteiger partial charge is 0.387 e. The quantitative estimate of drug-likeness (QED) is 0.775. The number of hydrogen-bond acceptors (Lipinski definition) is 3. The third-order valence-corrected chi connectivity index (χ3v) is 3.40. The Balaban J connectivity index is 2.58. The molecule has 21 heavy (non-hydrogen) atoms. The molecule has 0 bridgehead atoms. The molecule has 1 aromatic rings. The number of ether oxygens (including phenoxy) is 1. The lowest BCUT2D eigenvalue weighted by atomic mass is 9.94. The molecule has 118 valence electrons. The number of alkyl halides is 2. The van der Waals surface area contributed by atoms with Gasteiger partial charge in [0.2, 0.25) is 5.91 Å². The lowest BCUT2D eigenvalue weighted by Crippen LogP contribution is -2.46. The Morgan fingerprint density at radius 1 is 1.38 bits per heavy atom.